The summed E-state index contributed by atoms with van der Waals surface area (Å²) in [7, 11) is 0. The summed E-state index contributed by atoms with van der Waals surface area (Å²) in [6, 6.07) is 25.2. The average molecular weight is 635 g/mol. The monoisotopic (exact) mass is 634 g/mol. The average Bonchev–Trinajstić information content (AvgIpc) is 3.07. The second kappa shape index (κ2) is 13.8. The highest BCUT2D eigenvalue weighted by Crippen LogP contribution is 2.30. The minimum Gasteiger partial charge on any atom is -0.508 e. The van der Waals surface area contributed by atoms with Crippen LogP contribution < -0.4 is 5.32 Å². The van der Waals surface area contributed by atoms with Gasteiger partial charge in [-0.3, -0.25) is 9.59 Å². The van der Waals surface area contributed by atoms with E-state index in [4.69, 9.17) is 0 Å². The molecule has 1 aromatic heterocycles. The van der Waals surface area contributed by atoms with Crippen molar-refractivity contribution in [3.05, 3.63) is 132 Å². The summed E-state index contributed by atoms with van der Waals surface area (Å²) in [5.41, 5.74) is 3.37. The first kappa shape index (κ1) is 31.4. The number of piperazine rings is 1. The number of aromatic nitrogens is 1. The summed E-state index contributed by atoms with van der Waals surface area (Å²) in [6.07, 6.45) is 2.38. The molecule has 11 heteroatoms. The van der Waals surface area contributed by atoms with Gasteiger partial charge in [-0.1, -0.05) is 66.7 Å². The number of pyridine rings is 1. The van der Waals surface area contributed by atoms with Gasteiger partial charge < -0.3 is 20.2 Å². The molecule has 0 bridgehead atoms. The number of hydrogen-bond donors (Lipinski definition) is 2. The molecule has 2 N–H and O–H groups in total. The molecule has 0 radical (unpaired) electrons. The number of phenols is 1. The van der Waals surface area contributed by atoms with Crippen LogP contribution in [0.15, 0.2) is 110 Å². The maximum Gasteiger partial charge on any atom is 0.334 e. The van der Waals surface area contributed by atoms with Crippen molar-refractivity contribution in [2.24, 2.45) is 0 Å². The molecule has 3 aromatic carbocycles. The van der Waals surface area contributed by atoms with Gasteiger partial charge in [-0.15, -0.1) is 6.58 Å². The quantitative estimate of drug-likeness (QED) is 0.210. The highest BCUT2D eigenvalue weighted by molar-refractivity contribution is 5.91. The summed E-state index contributed by atoms with van der Waals surface area (Å²) in [4.78, 5) is 48.9. The van der Waals surface area contributed by atoms with Crippen molar-refractivity contribution in [1.29, 1.82) is 0 Å². The highest BCUT2D eigenvalue weighted by Gasteiger charge is 2.51. The summed E-state index contributed by atoms with van der Waals surface area (Å²) in [5.74, 6) is -1.07. The van der Waals surface area contributed by atoms with Gasteiger partial charge in [0.1, 0.15) is 18.0 Å². The minimum atomic E-state index is -0.917. The van der Waals surface area contributed by atoms with Crippen LogP contribution in [-0.4, -0.2) is 79.6 Å². The van der Waals surface area contributed by atoms with Crippen LogP contribution in [0.1, 0.15) is 16.7 Å². The van der Waals surface area contributed by atoms with E-state index in [0.717, 1.165) is 16.7 Å². The third-order valence-corrected chi connectivity index (χ3v) is 8.40. The second-order valence-electron chi connectivity index (χ2n) is 11.6. The van der Waals surface area contributed by atoms with Crippen molar-refractivity contribution in [1.82, 2.24) is 30.1 Å². The van der Waals surface area contributed by atoms with Gasteiger partial charge in [-0.2, -0.15) is 4.39 Å². The van der Waals surface area contributed by atoms with Gasteiger partial charge in [-0.05, 0) is 52.6 Å². The molecule has 0 spiro atoms. The zero-order chi connectivity index (χ0) is 32.9. The number of phenolic OH excluding ortho intramolecular Hbond substituents is 1. The number of hydrogen-bond acceptors (Lipinski definition) is 6. The van der Waals surface area contributed by atoms with E-state index in [-0.39, 0.29) is 56.7 Å². The molecule has 240 valence electrons. The smallest absolute Gasteiger partial charge is 0.334 e. The van der Waals surface area contributed by atoms with Crippen molar-refractivity contribution in [2.45, 2.75) is 31.7 Å². The fourth-order valence-electron chi connectivity index (χ4n) is 6.21. The fraction of sp³-hybridized carbons (Fsp3) is 0.222. The van der Waals surface area contributed by atoms with E-state index in [1.54, 1.807) is 52.4 Å². The first-order valence-electron chi connectivity index (χ1n) is 15.4. The van der Waals surface area contributed by atoms with Crippen molar-refractivity contribution in [3.63, 3.8) is 0 Å². The molecule has 0 saturated carbocycles. The lowest BCUT2D eigenvalue weighted by molar-refractivity contribution is -0.189. The Morgan fingerprint density at radius 1 is 0.979 bits per heavy atom. The Kier molecular flexibility index (Phi) is 9.25. The molecule has 4 aromatic rings. The van der Waals surface area contributed by atoms with Gasteiger partial charge >= 0.3 is 6.03 Å². The van der Waals surface area contributed by atoms with Crippen molar-refractivity contribution in [3.8, 4) is 16.9 Å². The van der Waals surface area contributed by atoms with E-state index in [1.807, 2.05) is 42.5 Å². The van der Waals surface area contributed by atoms with Crippen LogP contribution in [0.3, 0.4) is 0 Å². The van der Waals surface area contributed by atoms with Gasteiger partial charge in [0.15, 0.2) is 0 Å². The molecule has 2 aliphatic rings. The fourth-order valence-corrected chi connectivity index (χ4v) is 6.21. The molecule has 2 fully saturated rings. The van der Waals surface area contributed by atoms with E-state index in [9.17, 15) is 23.9 Å². The Bertz CT molecular complexity index is 1770. The Morgan fingerprint density at radius 3 is 2.49 bits per heavy atom. The van der Waals surface area contributed by atoms with E-state index in [1.165, 1.54) is 28.2 Å². The zero-order valence-corrected chi connectivity index (χ0v) is 25.7. The Hall–Kier alpha value is -5.55. The number of rotatable bonds is 9. The molecule has 0 unspecified atom stereocenters. The first-order chi connectivity index (χ1) is 22.8. The van der Waals surface area contributed by atoms with Crippen LogP contribution >= 0.6 is 0 Å². The number of benzene rings is 3. The SMILES string of the molecule is C=CCN1CC(=O)N2[C@@H](Cc3ccc(O)cc3)C(=O)N(Cc3cccc(-c4cccnc4F)c3)C[C@@H]2N1C(=O)NCc1ccccc1. The predicted octanol–water partition coefficient (Wildman–Crippen LogP) is 4.33. The number of nitrogens with one attached hydrogen (secondary N) is 1. The Morgan fingerprint density at radius 2 is 1.74 bits per heavy atom. The van der Waals surface area contributed by atoms with Crippen LogP contribution in [0.25, 0.3) is 11.1 Å². The number of fused-ring (bicyclic) bond motifs is 1. The third kappa shape index (κ3) is 6.85. The van der Waals surface area contributed by atoms with Gasteiger partial charge in [0.25, 0.3) is 0 Å². The van der Waals surface area contributed by atoms with Gasteiger partial charge in [0, 0.05) is 37.8 Å². The molecule has 10 nitrogen and oxygen atoms in total. The summed E-state index contributed by atoms with van der Waals surface area (Å²) in [6.45, 7) is 4.45. The third-order valence-electron chi connectivity index (χ3n) is 8.40. The molecule has 2 saturated heterocycles. The Labute approximate surface area is 272 Å². The van der Waals surface area contributed by atoms with E-state index < -0.39 is 24.2 Å². The summed E-state index contributed by atoms with van der Waals surface area (Å²) >= 11 is 0. The van der Waals surface area contributed by atoms with Crippen LogP contribution in [-0.2, 0) is 29.1 Å². The lowest BCUT2D eigenvalue weighted by atomic mass is 9.98. The van der Waals surface area contributed by atoms with Crippen molar-refractivity contribution >= 4 is 17.8 Å². The van der Waals surface area contributed by atoms with Crippen LogP contribution in [0.5, 0.6) is 5.75 Å². The van der Waals surface area contributed by atoms with Gasteiger partial charge in [-0.25, -0.2) is 19.8 Å². The normalized spacial score (nSPS) is 18.2. The predicted molar refractivity (Wildman–Crippen MR) is 174 cm³/mol. The van der Waals surface area contributed by atoms with E-state index in [2.05, 4.69) is 16.9 Å². The second-order valence-corrected chi connectivity index (χ2v) is 11.6. The number of urea groups is 1. The first-order valence-corrected chi connectivity index (χ1v) is 15.4. The summed E-state index contributed by atoms with van der Waals surface area (Å²) in [5, 5.41) is 16.0. The topological polar surface area (TPSA) is 109 Å². The lowest BCUT2D eigenvalue weighted by Crippen LogP contribution is -2.76. The molecular formula is C36H35FN6O4. The van der Waals surface area contributed by atoms with E-state index in [0.29, 0.717) is 11.1 Å². The zero-order valence-electron chi connectivity index (χ0n) is 25.7. The standard InChI is InChI=1S/C36H35FN6O4/c1-2-18-41-24-33(45)42-31(20-25-13-15-29(44)16-14-25)35(46)40(22-27-10-6-11-28(19-27)30-12-7-17-38-34(30)37)23-32(42)43(41)36(47)39-21-26-8-4-3-5-9-26/h2-17,19,31-32,44H,1,18,20-24H2,(H,39,47)/t31-,32-/m0/s1. The van der Waals surface area contributed by atoms with Crippen LogP contribution in [0, 0.1) is 5.95 Å². The number of halogens is 1. The summed E-state index contributed by atoms with van der Waals surface area (Å²) < 4.78 is 14.5. The van der Waals surface area contributed by atoms with Gasteiger partial charge in [0.2, 0.25) is 17.8 Å². The molecule has 6 rings (SSSR count). The number of carbonyl (C=O) groups excluding carboxylic acids is 3. The molecule has 3 heterocycles. The number of nitrogens with zero attached hydrogens (tertiary/aromatic N) is 5. The maximum absolute atomic E-state index is 14.5. The van der Waals surface area contributed by atoms with Crippen LogP contribution in [0.4, 0.5) is 9.18 Å². The minimum absolute atomic E-state index is 0.0501. The Balaban J connectivity index is 1.35. The lowest BCUT2D eigenvalue weighted by Gasteiger charge is -2.55. The highest BCUT2D eigenvalue weighted by atomic mass is 19.1. The maximum atomic E-state index is 14.5. The number of carbonyl (C=O) groups is 3. The van der Waals surface area contributed by atoms with Crippen LogP contribution in [0.2, 0.25) is 0 Å². The number of amides is 4. The van der Waals surface area contributed by atoms with E-state index >= 15 is 0 Å². The molecule has 47 heavy (non-hydrogen) atoms. The molecule has 0 aliphatic carbocycles. The van der Waals surface area contributed by atoms with Crippen molar-refractivity contribution < 1.29 is 23.9 Å². The molecule has 2 aliphatic heterocycles. The number of aromatic hydroxyl groups is 1. The van der Waals surface area contributed by atoms with Crippen molar-refractivity contribution in [2.75, 3.05) is 19.6 Å². The molecule has 4 amide bonds. The molecule has 2 atom stereocenters. The number of hydrazine groups is 1. The molecular weight excluding hydrogens is 599 g/mol. The largest absolute Gasteiger partial charge is 0.508 e. The van der Waals surface area contributed by atoms with Gasteiger partial charge in [0.05, 0.1) is 13.1 Å².